The highest BCUT2D eigenvalue weighted by atomic mass is 16.5. The normalized spacial score (nSPS) is 20.8. The Hall–Kier alpha value is -1.06. The third-order valence-corrected chi connectivity index (χ3v) is 3.05. The van der Waals surface area contributed by atoms with E-state index in [9.17, 15) is 0 Å². The molecule has 1 aliphatic rings. The SMILES string of the molecule is Cc1ccc(NCC2CNCCO2)cc1C. The second-order valence-electron chi connectivity index (χ2n) is 4.38. The number of morpholine rings is 1. The summed E-state index contributed by atoms with van der Waals surface area (Å²) in [5.74, 6) is 0. The first-order valence-corrected chi connectivity index (χ1v) is 5.89. The van der Waals surface area contributed by atoms with Gasteiger partial charge in [-0.1, -0.05) is 6.07 Å². The van der Waals surface area contributed by atoms with Gasteiger partial charge < -0.3 is 15.4 Å². The van der Waals surface area contributed by atoms with E-state index in [1.807, 2.05) is 0 Å². The summed E-state index contributed by atoms with van der Waals surface area (Å²) >= 11 is 0. The predicted octanol–water partition coefficient (Wildman–Crippen LogP) is 1.70. The van der Waals surface area contributed by atoms with Crippen molar-refractivity contribution in [2.45, 2.75) is 20.0 Å². The second-order valence-corrected chi connectivity index (χ2v) is 4.38. The van der Waals surface area contributed by atoms with Crippen LogP contribution in [0.4, 0.5) is 5.69 Å². The predicted molar refractivity (Wildman–Crippen MR) is 67.0 cm³/mol. The molecule has 1 unspecified atom stereocenters. The molecule has 3 heteroatoms. The number of anilines is 1. The molecule has 0 aliphatic carbocycles. The average Bonchev–Trinajstić information content (AvgIpc) is 2.32. The first kappa shape index (κ1) is 11.4. The van der Waals surface area contributed by atoms with Crippen molar-refractivity contribution in [3.63, 3.8) is 0 Å². The van der Waals surface area contributed by atoms with Crippen molar-refractivity contribution in [1.82, 2.24) is 5.32 Å². The highest BCUT2D eigenvalue weighted by Gasteiger charge is 2.12. The van der Waals surface area contributed by atoms with Gasteiger partial charge in [-0.15, -0.1) is 0 Å². The molecule has 1 heterocycles. The van der Waals surface area contributed by atoms with Gasteiger partial charge >= 0.3 is 0 Å². The molecule has 3 nitrogen and oxygen atoms in total. The summed E-state index contributed by atoms with van der Waals surface area (Å²) in [6.45, 7) is 7.87. The molecule has 0 aromatic heterocycles. The Labute approximate surface area is 97.2 Å². The number of benzene rings is 1. The molecule has 1 fully saturated rings. The van der Waals surface area contributed by atoms with E-state index >= 15 is 0 Å². The number of hydrogen-bond acceptors (Lipinski definition) is 3. The zero-order chi connectivity index (χ0) is 11.4. The maximum absolute atomic E-state index is 5.63. The summed E-state index contributed by atoms with van der Waals surface area (Å²) < 4.78 is 5.63. The Bertz CT molecular complexity index is 346. The molecule has 2 N–H and O–H groups in total. The van der Waals surface area contributed by atoms with E-state index in [2.05, 4.69) is 42.7 Å². The Morgan fingerprint density at radius 3 is 2.94 bits per heavy atom. The summed E-state index contributed by atoms with van der Waals surface area (Å²) in [6.07, 6.45) is 0.287. The summed E-state index contributed by atoms with van der Waals surface area (Å²) in [5, 5.41) is 6.74. The van der Waals surface area contributed by atoms with Gasteiger partial charge in [-0.05, 0) is 37.1 Å². The molecule has 1 saturated heterocycles. The molecular formula is C13H20N2O. The van der Waals surface area contributed by atoms with Gasteiger partial charge in [0.25, 0.3) is 0 Å². The highest BCUT2D eigenvalue weighted by molar-refractivity contribution is 5.48. The largest absolute Gasteiger partial charge is 0.382 e. The van der Waals surface area contributed by atoms with Crippen molar-refractivity contribution in [3.8, 4) is 0 Å². The topological polar surface area (TPSA) is 33.3 Å². The van der Waals surface area contributed by atoms with Crippen LogP contribution in [0, 0.1) is 13.8 Å². The van der Waals surface area contributed by atoms with E-state index in [4.69, 9.17) is 4.74 Å². The number of ether oxygens (including phenoxy) is 1. The summed E-state index contributed by atoms with van der Waals surface area (Å²) in [5.41, 5.74) is 3.84. The molecule has 0 saturated carbocycles. The number of rotatable bonds is 3. The van der Waals surface area contributed by atoms with Gasteiger partial charge in [0.1, 0.15) is 0 Å². The maximum Gasteiger partial charge on any atom is 0.0872 e. The highest BCUT2D eigenvalue weighted by Crippen LogP contribution is 2.14. The molecule has 1 aromatic rings. The molecule has 1 aromatic carbocycles. The Morgan fingerprint density at radius 1 is 1.38 bits per heavy atom. The quantitative estimate of drug-likeness (QED) is 0.813. The van der Waals surface area contributed by atoms with Crippen molar-refractivity contribution in [2.24, 2.45) is 0 Å². The van der Waals surface area contributed by atoms with Gasteiger partial charge in [0.15, 0.2) is 0 Å². The molecule has 0 spiro atoms. The van der Waals surface area contributed by atoms with Crippen LogP contribution in [0.5, 0.6) is 0 Å². The van der Waals surface area contributed by atoms with Gasteiger partial charge in [0.05, 0.1) is 12.7 Å². The smallest absolute Gasteiger partial charge is 0.0872 e. The lowest BCUT2D eigenvalue weighted by Crippen LogP contribution is -2.42. The average molecular weight is 220 g/mol. The van der Waals surface area contributed by atoms with E-state index in [1.54, 1.807) is 0 Å². The van der Waals surface area contributed by atoms with Gasteiger partial charge in [0, 0.05) is 25.3 Å². The van der Waals surface area contributed by atoms with Crippen LogP contribution < -0.4 is 10.6 Å². The molecule has 1 atom stereocenters. The van der Waals surface area contributed by atoms with Crippen LogP contribution in [0.2, 0.25) is 0 Å². The van der Waals surface area contributed by atoms with Gasteiger partial charge in [0.2, 0.25) is 0 Å². The van der Waals surface area contributed by atoms with Gasteiger partial charge in [-0.25, -0.2) is 0 Å². The van der Waals surface area contributed by atoms with Gasteiger partial charge in [-0.2, -0.15) is 0 Å². The van der Waals surface area contributed by atoms with Crippen molar-refractivity contribution < 1.29 is 4.74 Å². The molecule has 0 bridgehead atoms. The minimum Gasteiger partial charge on any atom is -0.382 e. The van der Waals surface area contributed by atoms with E-state index in [0.717, 1.165) is 26.2 Å². The fraction of sp³-hybridized carbons (Fsp3) is 0.538. The van der Waals surface area contributed by atoms with E-state index < -0.39 is 0 Å². The first-order valence-electron chi connectivity index (χ1n) is 5.89. The molecular weight excluding hydrogens is 200 g/mol. The Balaban J connectivity index is 1.86. The van der Waals surface area contributed by atoms with Crippen LogP contribution in [0.25, 0.3) is 0 Å². The van der Waals surface area contributed by atoms with Crippen LogP contribution in [0.1, 0.15) is 11.1 Å². The molecule has 0 amide bonds. The number of hydrogen-bond donors (Lipinski definition) is 2. The standard InChI is InChI=1S/C13H20N2O/c1-10-3-4-12(7-11(10)2)15-9-13-8-14-5-6-16-13/h3-4,7,13-15H,5-6,8-9H2,1-2H3. The maximum atomic E-state index is 5.63. The van der Waals surface area contributed by atoms with Crippen LogP contribution >= 0.6 is 0 Å². The zero-order valence-electron chi connectivity index (χ0n) is 10.0. The fourth-order valence-electron chi connectivity index (χ4n) is 1.83. The van der Waals surface area contributed by atoms with Crippen molar-refractivity contribution in [2.75, 3.05) is 31.6 Å². The Kier molecular flexibility index (Phi) is 3.80. The number of nitrogens with one attached hydrogen (secondary N) is 2. The minimum atomic E-state index is 0.287. The number of aryl methyl sites for hydroxylation is 2. The minimum absolute atomic E-state index is 0.287. The van der Waals surface area contributed by atoms with Crippen LogP contribution in [-0.2, 0) is 4.74 Å². The first-order chi connectivity index (χ1) is 7.75. The van der Waals surface area contributed by atoms with Gasteiger partial charge in [-0.3, -0.25) is 0 Å². The summed E-state index contributed by atoms with van der Waals surface area (Å²) in [4.78, 5) is 0. The van der Waals surface area contributed by atoms with Crippen molar-refractivity contribution >= 4 is 5.69 Å². The molecule has 1 aliphatic heterocycles. The fourth-order valence-corrected chi connectivity index (χ4v) is 1.83. The van der Waals surface area contributed by atoms with Crippen LogP contribution in [-0.4, -0.2) is 32.3 Å². The third kappa shape index (κ3) is 2.97. The molecule has 88 valence electrons. The van der Waals surface area contributed by atoms with Crippen molar-refractivity contribution in [3.05, 3.63) is 29.3 Å². The van der Waals surface area contributed by atoms with Crippen molar-refractivity contribution in [1.29, 1.82) is 0 Å². The lowest BCUT2D eigenvalue weighted by atomic mass is 10.1. The molecule has 16 heavy (non-hydrogen) atoms. The van der Waals surface area contributed by atoms with E-state index in [-0.39, 0.29) is 6.10 Å². The monoisotopic (exact) mass is 220 g/mol. The summed E-state index contributed by atoms with van der Waals surface area (Å²) in [7, 11) is 0. The third-order valence-electron chi connectivity index (χ3n) is 3.05. The molecule has 2 rings (SSSR count). The summed E-state index contributed by atoms with van der Waals surface area (Å²) in [6, 6.07) is 6.46. The Morgan fingerprint density at radius 2 is 2.25 bits per heavy atom. The zero-order valence-corrected chi connectivity index (χ0v) is 10.0. The lowest BCUT2D eigenvalue weighted by molar-refractivity contribution is 0.0372. The van der Waals surface area contributed by atoms with Crippen LogP contribution in [0.15, 0.2) is 18.2 Å². The second kappa shape index (κ2) is 5.32. The van der Waals surface area contributed by atoms with Crippen LogP contribution in [0.3, 0.4) is 0 Å². The lowest BCUT2D eigenvalue weighted by Gasteiger charge is -2.24. The van der Waals surface area contributed by atoms with E-state index in [0.29, 0.717) is 0 Å². The van der Waals surface area contributed by atoms with E-state index in [1.165, 1.54) is 16.8 Å². The molecule has 0 radical (unpaired) electrons.